The lowest BCUT2D eigenvalue weighted by Crippen LogP contribution is -2.49. The highest BCUT2D eigenvalue weighted by molar-refractivity contribution is 14.0. The molecule has 0 radical (unpaired) electrons. The molecule has 1 unspecified atom stereocenters. The van der Waals surface area contributed by atoms with Gasteiger partial charge in [0.05, 0.1) is 18.9 Å². The molecule has 4 rings (SSSR count). The minimum atomic E-state index is 0. The number of hydrogen-bond acceptors (Lipinski definition) is 4. The summed E-state index contributed by atoms with van der Waals surface area (Å²) in [5.41, 5.74) is 0. The van der Waals surface area contributed by atoms with Crippen molar-refractivity contribution in [2.24, 2.45) is 4.99 Å². The topological polar surface area (TPSA) is 62.0 Å². The van der Waals surface area contributed by atoms with Crippen LogP contribution in [0.3, 0.4) is 0 Å². The molecule has 1 saturated carbocycles. The van der Waals surface area contributed by atoms with E-state index in [2.05, 4.69) is 15.5 Å². The van der Waals surface area contributed by atoms with Crippen LogP contribution in [-0.2, 0) is 11.2 Å². The van der Waals surface area contributed by atoms with E-state index in [1.54, 1.807) is 6.26 Å². The number of likely N-dealkylation sites (tertiary alicyclic amines) is 1. The Bertz CT molecular complexity index is 577. The first-order valence-electron chi connectivity index (χ1n) is 10.8. The van der Waals surface area contributed by atoms with Gasteiger partial charge in [0.1, 0.15) is 5.76 Å². The Labute approximate surface area is 185 Å². The second-order valence-corrected chi connectivity index (χ2v) is 8.12. The van der Waals surface area contributed by atoms with Gasteiger partial charge in [-0.1, -0.05) is 0 Å². The molecule has 3 fully saturated rings. The molecule has 2 N–H and O–H groups in total. The van der Waals surface area contributed by atoms with Gasteiger partial charge in [-0.25, -0.2) is 0 Å². The van der Waals surface area contributed by atoms with Gasteiger partial charge in [0.15, 0.2) is 5.96 Å². The number of rotatable bonds is 7. The van der Waals surface area contributed by atoms with Crippen molar-refractivity contribution in [3.63, 3.8) is 0 Å². The molecule has 3 aliphatic rings. The lowest BCUT2D eigenvalue weighted by atomic mass is 10.1. The Morgan fingerprint density at radius 3 is 2.68 bits per heavy atom. The molecular formula is C21H35IN4O2. The number of halogens is 1. The molecule has 1 aromatic heterocycles. The Morgan fingerprint density at radius 1 is 1.14 bits per heavy atom. The Hall–Kier alpha value is -0.800. The van der Waals surface area contributed by atoms with Crippen molar-refractivity contribution in [2.45, 2.75) is 69.6 Å². The Morgan fingerprint density at radius 2 is 2.00 bits per heavy atom. The van der Waals surface area contributed by atoms with Gasteiger partial charge in [-0.2, -0.15) is 0 Å². The van der Waals surface area contributed by atoms with Crippen LogP contribution in [0.15, 0.2) is 27.8 Å². The van der Waals surface area contributed by atoms with Gasteiger partial charge in [0.25, 0.3) is 0 Å². The summed E-state index contributed by atoms with van der Waals surface area (Å²) in [6.07, 6.45) is 11.7. The van der Waals surface area contributed by atoms with Crippen molar-refractivity contribution < 1.29 is 9.15 Å². The molecule has 0 bridgehead atoms. The molecule has 2 saturated heterocycles. The third kappa shape index (κ3) is 6.91. The molecule has 0 aromatic carbocycles. The number of aliphatic imine (C=N–C) groups is 1. The second kappa shape index (κ2) is 11.4. The van der Waals surface area contributed by atoms with Crippen LogP contribution >= 0.6 is 24.0 Å². The van der Waals surface area contributed by atoms with E-state index in [9.17, 15) is 0 Å². The molecule has 3 heterocycles. The lowest BCUT2D eigenvalue weighted by Gasteiger charge is -2.33. The summed E-state index contributed by atoms with van der Waals surface area (Å²) in [4.78, 5) is 7.51. The maximum absolute atomic E-state index is 5.84. The van der Waals surface area contributed by atoms with Gasteiger partial charge in [-0.15, -0.1) is 24.0 Å². The normalized spacial score (nSPS) is 24.6. The smallest absolute Gasteiger partial charge is 0.191 e. The molecule has 0 spiro atoms. The van der Waals surface area contributed by atoms with Crippen molar-refractivity contribution in [1.29, 1.82) is 0 Å². The standard InChI is InChI=1S/C21H34N4O2.HI/c1-2-14-27-20(4-1)16-23-21(22-11-8-19-5-3-15-26-19)24-17-9-12-25(13-10-17)18-6-7-18;/h3,5,15,17-18,20H,1-2,4,6-14,16H2,(H2,22,23,24);1H. The number of nitrogens with zero attached hydrogens (tertiary/aromatic N) is 2. The summed E-state index contributed by atoms with van der Waals surface area (Å²) in [6, 6.07) is 5.36. The zero-order valence-electron chi connectivity index (χ0n) is 16.8. The molecule has 1 aromatic rings. The number of furan rings is 1. The summed E-state index contributed by atoms with van der Waals surface area (Å²) < 4.78 is 11.3. The van der Waals surface area contributed by atoms with E-state index in [1.165, 1.54) is 51.6 Å². The number of ether oxygens (including phenoxy) is 1. The zero-order valence-corrected chi connectivity index (χ0v) is 19.1. The number of guanidine groups is 1. The SMILES string of the molecule is I.c1coc(CCNC(=NCC2CCCCO2)NC2CCN(C3CC3)CC2)c1. The molecule has 28 heavy (non-hydrogen) atoms. The Balaban J connectivity index is 0.00000225. The molecule has 158 valence electrons. The average molecular weight is 502 g/mol. The third-order valence-corrected chi connectivity index (χ3v) is 5.90. The predicted molar refractivity (Wildman–Crippen MR) is 122 cm³/mol. The monoisotopic (exact) mass is 502 g/mol. The lowest BCUT2D eigenvalue weighted by molar-refractivity contribution is 0.0224. The third-order valence-electron chi connectivity index (χ3n) is 5.90. The van der Waals surface area contributed by atoms with E-state index >= 15 is 0 Å². The predicted octanol–water partition coefficient (Wildman–Crippen LogP) is 3.17. The first-order valence-corrected chi connectivity index (χ1v) is 10.8. The largest absolute Gasteiger partial charge is 0.469 e. The molecule has 2 aliphatic heterocycles. The van der Waals surface area contributed by atoms with Gasteiger partial charge < -0.3 is 24.7 Å². The van der Waals surface area contributed by atoms with Gasteiger partial charge in [0.2, 0.25) is 0 Å². The van der Waals surface area contributed by atoms with Gasteiger partial charge in [0, 0.05) is 44.7 Å². The van der Waals surface area contributed by atoms with Crippen LogP contribution in [0.2, 0.25) is 0 Å². The fraction of sp³-hybridized carbons (Fsp3) is 0.762. The van der Waals surface area contributed by atoms with E-state index < -0.39 is 0 Å². The van der Waals surface area contributed by atoms with E-state index in [1.807, 2.05) is 12.1 Å². The maximum Gasteiger partial charge on any atom is 0.191 e. The Kier molecular flexibility index (Phi) is 8.92. The van der Waals surface area contributed by atoms with Crippen LogP contribution in [0.5, 0.6) is 0 Å². The van der Waals surface area contributed by atoms with E-state index in [0.717, 1.165) is 50.3 Å². The highest BCUT2D eigenvalue weighted by Gasteiger charge is 2.31. The van der Waals surface area contributed by atoms with Crippen LogP contribution in [-0.4, -0.2) is 61.8 Å². The first-order chi connectivity index (χ1) is 13.4. The average Bonchev–Trinajstić information content (AvgIpc) is 3.43. The first kappa shape index (κ1) is 21.9. The van der Waals surface area contributed by atoms with Crippen molar-refractivity contribution in [3.05, 3.63) is 24.2 Å². The highest BCUT2D eigenvalue weighted by Crippen LogP contribution is 2.29. The summed E-state index contributed by atoms with van der Waals surface area (Å²) in [7, 11) is 0. The molecule has 1 atom stereocenters. The summed E-state index contributed by atoms with van der Waals surface area (Å²) >= 11 is 0. The van der Waals surface area contributed by atoms with Crippen molar-refractivity contribution >= 4 is 29.9 Å². The molecule has 6 nitrogen and oxygen atoms in total. The summed E-state index contributed by atoms with van der Waals surface area (Å²) in [5, 5.41) is 7.18. The fourth-order valence-corrected chi connectivity index (χ4v) is 4.10. The number of hydrogen-bond donors (Lipinski definition) is 2. The van der Waals surface area contributed by atoms with E-state index in [-0.39, 0.29) is 30.1 Å². The summed E-state index contributed by atoms with van der Waals surface area (Å²) in [5.74, 6) is 1.94. The van der Waals surface area contributed by atoms with Crippen LogP contribution in [0.4, 0.5) is 0 Å². The second-order valence-electron chi connectivity index (χ2n) is 8.12. The molecule has 0 amide bonds. The quantitative estimate of drug-likeness (QED) is 0.341. The summed E-state index contributed by atoms with van der Waals surface area (Å²) in [6.45, 7) is 4.89. The maximum atomic E-state index is 5.84. The van der Waals surface area contributed by atoms with Crippen LogP contribution in [0, 0.1) is 0 Å². The van der Waals surface area contributed by atoms with Gasteiger partial charge in [-0.3, -0.25) is 4.99 Å². The van der Waals surface area contributed by atoms with Crippen LogP contribution in [0.25, 0.3) is 0 Å². The highest BCUT2D eigenvalue weighted by atomic mass is 127. The van der Waals surface area contributed by atoms with Crippen molar-refractivity contribution in [3.8, 4) is 0 Å². The minimum absolute atomic E-state index is 0. The fourth-order valence-electron chi connectivity index (χ4n) is 4.10. The number of nitrogens with one attached hydrogen (secondary N) is 2. The minimum Gasteiger partial charge on any atom is -0.469 e. The molecule has 7 heteroatoms. The van der Waals surface area contributed by atoms with E-state index in [4.69, 9.17) is 14.1 Å². The van der Waals surface area contributed by atoms with Crippen LogP contribution in [0.1, 0.15) is 50.7 Å². The molecular weight excluding hydrogens is 467 g/mol. The van der Waals surface area contributed by atoms with Crippen molar-refractivity contribution in [1.82, 2.24) is 15.5 Å². The molecule has 1 aliphatic carbocycles. The van der Waals surface area contributed by atoms with Crippen molar-refractivity contribution in [2.75, 3.05) is 32.8 Å². The van der Waals surface area contributed by atoms with Gasteiger partial charge >= 0.3 is 0 Å². The van der Waals surface area contributed by atoms with Gasteiger partial charge in [-0.05, 0) is 57.1 Å². The number of piperidine rings is 1. The van der Waals surface area contributed by atoms with Crippen LogP contribution < -0.4 is 10.6 Å². The van der Waals surface area contributed by atoms with E-state index in [0.29, 0.717) is 6.04 Å². The zero-order chi connectivity index (χ0) is 18.3.